The molecule has 0 bridgehead atoms. The number of aliphatic hydroxyl groups is 1. The molecule has 1 aliphatic rings. The lowest BCUT2D eigenvalue weighted by Gasteiger charge is -2.14. The highest BCUT2D eigenvalue weighted by atomic mass is 32.1. The summed E-state index contributed by atoms with van der Waals surface area (Å²) >= 11 is 1.64. The van der Waals surface area contributed by atoms with Crippen LogP contribution in [0.2, 0.25) is 0 Å². The lowest BCUT2D eigenvalue weighted by molar-refractivity contribution is 0.158. The number of thiophene rings is 1. The Hall–Kier alpha value is -0.380. The van der Waals surface area contributed by atoms with Crippen LogP contribution in [-0.4, -0.2) is 17.7 Å². The molecule has 3 heteroatoms. The molecule has 1 aliphatic heterocycles. The summed E-state index contributed by atoms with van der Waals surface area (Å²) in [5.74, 6) is 0. The highest BCUT2D eigenvalue weighted by Crippen LogP contribution is 2.25. The van der Waals surface area contributed by atoms with Crippen molar-refractivity contribution in [2.45, 2.75) is 31.4 Å². The highest BCUT2D eigenvalue weighted by molar-refractivity contribution is 7.10. The quantitative estimate of drug-likeness (QED) is 0.776. The zero-order chi connectivity index (χ0) is 9.10. The van der Waals surface area contributed by atoms with Crippen molar-refractivity contribution >= 4 is 11.3 Å². The summed E-state index contributed by atoms with van der Waals surface area (Å²) < 4.78 is 0. The molecule has 72 valence electrons. The van der Waals surface area contributed by atoms with Gasteiger partial charge in [0.25, 0.3) is 0 Å². The average molecular weight is 197 g/mol. The average Bonchev–Trinajstić information content (AvgIpc) is 2.74. The Kier molecular flexibility index (Phi) is 2.98. The van der Waals surface area contributed by atoms with Crippen LogP contribution in [-0.2, 0) is 0 Å². The minimum atomic E-state index is -0.268. The van der Waals surface area contributed by atoms with Crippen LogP contribution in [0.25, 0.3) is 0 Å². The molecule has 1 fully saturated rings. The molecule has 2 nitrogen and oxygen atoms in total. The molecular weight excluding hydrogens is 182 g/mol. The minimum Gasteiger partial charge on any atom is -0.388 e. The molecule has 13 heavy (non-hydrogen) atoms. The predicted molar refractivity (Wildman–Crippen MR) is 54.9 cm³/mol. The van der Waals surface area contributed by atoms with Crippen molar-refractivity contribution in [1.29, 1.82) is 0 Å². The molecule has 1 aromatic rings. The summed E-state index contributed by atoms with van der Waals surface area (Å²) in [6.45, 7) is 1.11. The maximum Gasteiger partial charge on any atom is 0.0896 e. The highest BCUT2D eigenvalue weighted by Gasteiger charge is 2.19. The molecule has 0 radical (unpaired) electrons. The molecule has 2 atom stereocenters. The van der Waals surface area contributed by atoms with E-state index in [1.807, 2.05) is 17.5 Å². The zero-order valence-electron chi connectivity index (χ0n) is 7.57. The van der Waals surface area contributed by atoms with Crippen LogP contribution in [0.4, 0.5) is 0 Å². The number of aliphatic hydroxyl groups excluding tert-OH is 1. The second-order valence-corrected chi connectivity index (χ2v) is 4.54. The minimum absolute atomic E-state index is 0.268. The van der Waals surface area contributed by atoms with Gasteiger partial charge in [0.1, 0.15) is 0 Å². The van der Waals surface area contributed by atoms with Crippen molar-refractivity contribution in [3.63, 3.8) is 0 Å². The van der Waals surface area contributed by atoms with Crippen molar-refractivity contribution in [2.75, 3.05) is 6.54 Å². The standard InChI is InChI=1S/C10H15NOS/c12-9(10-4-2-6-13-10)7-8-3-1-5-11-8/h2,4,6,8-9,11-12H,1,3,5,7H2/t8-,9-/m1/s1. The number of hydrogen-bond donors (Lipinski definition) is 2. The van der Waals surface area contributed by atoms with Crippen molar-refractivity contribution in [2.24, 2.45) is 0 Å². The smallest absolute Gasteiger partial charge is 0.0896 e. The molecule has 0 aliphatic carbocycles. The van der Waals surface area contributed by atoms with E-state index in [1.165, 1.54) is 12.8 Å². The number of rotatable bonds is 3. The summed E-state index contributed by atoms with van der Waals surface area (Å²) in [4.78, 5) is 1.09. The summed E-state index contributed by atoms with van der Waals surface area (Å²) in [6.07, 6.45) is 3.06. The maximum absolute atomic E-state index is 9.84. The molecule has 0 saturated carbocycles. The van der Waals surface area contributed by atoms with Gasteiger partial charge in [-0.2, -0.15) is 0 Å². The SMILES string of the molecule is O[C@H](C[C@H]1CCCN1)c1cccs1. The Morgan fingerprint density at radius 3 is 3.23 bits per heavy atom. The molecule has 0 aromatic carbocycles. The Morgan fingerprint density at radius 1 is 1.69 bits per heavy atom. The van der Waals surface area contributed by atoms with Crippen LogP contribution in [0.1, 0.15) is 30.2 Å². The fourth-order valence-corrected chi connectivity index (χ4v) is 2.55. The van der Waals surface area contributed by atoms with Gasteiger partial charge in [-0.05, 0) is 37.3 Å². The van der Waals surface area contributed by atoms with E-state index < -0.39 is 0 Å². The first kappa shape index (κ1) is 9.19. The molecule has 0 amide bonds. The summed E-state index contributed by atoms with van der Waals surface area (Å²) in [5.41, 5.74) is 0. The van der Waals surface area contributed by atoms with E-state index in [-0.39, 0.29) is 6.10 Å². The lowest BCUT2D eigenvalue weighted by Crippen LogP contribution is -2.23. The Labute approximate surface area is 82.6 Å². The molecule has 2 N–H and O–H groups in total. The van der Waals surface area contributed by atoms with Gasteiger partial charge in [0.15, 0.2) is 0 Å². The summed E-state index contributed by atoms with van der Waals surface area (Å²) in [5, 5.41) is 15.2. The van der Waals surface area contributed by atoms with Gasteiger partial charge in [0, 0.05) is 10.9 Å². The van der Waals surface area contributed by atoms with Crippen LogP contribution in [0, 0.1) is 0 Å². The molecular formula is C10H15NOS. The van der Waals surface area contributed by atoms with Crippen LogP contribution >= 0.6 is 11.3 Å². The van der Waals surface area contributed by atoms with Gasteiger partial charge in [0.2, 0.25) is 0 Å². The van der Waals surface area contributed by atoms with E-state index in [1.54, 1.807) is 11.3 Å². The Morgan fingerprint density at radius 2 is 2.62 bits per heavy atom. The van der Waals surface area contributed by atoms with Crippen molar-refractivity contribution in [3.05, 3.63) is 22.4 Å². The van der Waals surface area contributed by atoms with Crippen molar-refractivity contribution in [3.8, 4) is 0 Å². The fraction of sp³-hybridized carbons (Fsp3) is 0.600. The monoisotopic (exact) mass is 197 g/mol. The van der Waals surface area contributed by atoms with Gasteiger partial charge in [-0.1, -0.05) is 6.07 Å². The van der Waals surface area contributed by atoms with Crippen molar-refractivity contribution < 1.29 is 5.11 Å². The maximum atomic E-state index is 9.84. The Bertz CT molecular complexity index is 241. The van der Waals surface area contributed by atoms with Crippen LogP contribution in [0.5, 0.6) is 0 Å². The van der Waals surface area contributed by atoms with E-state index in [9.17, 15) is 5.11 Å². The van der Waals surface area contributed by atoms with Gasteiger partial charge in [-0.25, -0.2) is 0 Å². The second-order valence-electron chi connectivity index (χ2n) is 3.56. The Balaban J connectivity index is 1.87. The molecule has 2 rings (SSSR count). The summed E-state index contributed by atoms with van der Waals surface area (Å²) in [7, 11) is 0. The van der Waals surface area contributed by atoms with Gasteiger partial charge in [0.05, 0.1) is 6.10 Å². The molecule has 2 heterocycles. The van der Waals surface area contributed by atoms with Gasteiger partial charge < -0.3 is 10.4 Å². The van der Waals surface area contributed by atoms with E-state index >= 15 is 0 Å². The molecule has 0 spiro atoms. The molecule has 1 aromatic heterocycles. The van der Waals surface area contributed by atoms with E-state index in [0.717, 1.165) is 17.8 Å². The third kappa shape index (κ3) is 2.30. The van der Waals surface area contributed by atoms with Gasteiger partial charge in [-0.15, -0.1) is 11.3 Å². The van der Waals surface area contributed by atoms with E-state index in [4.69, 9.17) is 0 Å². The number of hydrogen-bond acceptors (Lipinski definition) is 3. The normalized spacial score (nSPS) is 24.8. The van der Waals surface area contributed by atoms with E-state index in [2.05, 4.69) is 5.32 Å². The van der Waals surface area contributed by atoms with Gasteiger partial charge in [-0.3, -0.25) is 0 Å². The van der Waals surface area contributed by atoms with Crippen molar-refractivity contribution in [1.82, 2.24) is 5.32 Å². The first-order valence-electron chi connectivity index (χ1n) is 4.81. The number of nitrogens with one attached hydrogen (secondary N) is 1. The molecule has 0 unspecified atom stereocenters. The third-order valence-corrected chi connectivity index (χ3v) is 3.52. The lowest BCUT2D eigenvalue weighted by atomic mass is 10.1. The van der Waals surface area contributed by atoms with Crippen LogP contribution in [0.15, 0.2) is 17.5 Å². The van der Waals surface area contributed by atoms with Crippen LogP contribution < -0.4 is 5.32 Å². The topological polar surface area (TPSA) is 32.3 Å². The fourth-order valence-electron chi connectivity index (χ4n) is 1.82. The van der Waals surface area contributed by atoms with Crippen LogP contribution in [0.3, 0.4) is 0 Å². The zero-order valence-corrected chi connectivity index (χ0v) is 8.39. The predicted octanol–water partition coefficient (Wildman–Crippen LogP) is 1.92. The largest absolute Gasteiger partial charge is 0.388 e. The second kappa shape index (κ2) is 4.22. The first-order chi connectivity index (χ1) is 6.36. The summed E-state index contributed by atoms with van der Waals surface area (Å²) in [6, 6.07) is 4.52. The third-order valence-electron chi connectivity index (χ3n) is 2.54. The van der Waals surface area contributed by atoms with Gasteiger partial charge >= 0.3 is 0 Å². The van der Waals surface area contributed by atoms with E-state index in [0.29, 0.717) is 6.04 Å². The molecule has 1 saturated heterocycles. The first-order valence-corrected chi connectivity index (χ1v) is 5.69.